The Morgan fingerprint density at radius 3 is 2.24 bits per heavy atom. The van der Waals surface area contributed by atoms with E-state index in [1.54, 1.807) is 12.1 Å². The van der Waals surface area contributed by atoms with Gasteiger partial charge < -0.3 is 57.7 Å². The van der Waals surface area contributed by atoms with Crippen LogP contribution in [-0.2, 0) is 44.7 Å². The highest BCUT2D eigenvalue weighted by atomic mass is 16.5. The Hall–Kier alpha value is -4.55. The van der Waals surface area contributed by atoms with Gasteiger partial charge in [0.25, 0.3) is 0 Å². The first kappa shape index (κ1) is 46.6. The molecule has 55 heavy (non-hydrogen) atoms. The number of hydrogen-bond donors (Lipinski definition) is 9. The van der Waals surface area contributed by atoms with Crippen molar-refractivity contribution >= 4 is 35.2 Å². The van der Waals surface area contributed by atoms with Gasteiger partial charge in [-0.2, -0.15) is 5.26 Å². The number of ether oxygens (including phenoxy) is 2. The molecule has 0 saturated carbocycles. The lowest BCUT2D eigenvalue weighted by Gasteiger charge is -2.23. The van der Waals surface area contributed by atoms with E-state index >= 15 is 0 Å². The summed E-state index contributed by atoms with van der Waals surface area (Å²) in [6, 6.07) is 4.36. The number of phenols is 1. The number of nitriles is 1. The van der Waals surface area contributed by atoms with Crippen LogP contribution >= 0.6 is 0 Å². The third-order valence-electron chi connectivity index (χ3n) is 8.87. The summed E-state index contributed by atoms with van der Waals surface area (Å²) in [4.78, 5) is 75.3. The second kappa shape index (κ2) is 26.3. The fraction of sp³-hybridized carbons (Fsp3) is 0.639. The van der Waals surface area contributed by atoms with Gasteiger partial charge in [0.2, 0.25) is 23.6 Å². The average Bonchev–Trinajstić information content (AvgIpc) is 3.65. The lowest BCUT2D eigenvalue weighted by Crippen LogP contribution is -2.50. The Kier molecular flexibility index (Phi) is 22.3. The van der Waals surface area contributed by atoms with Crippen LogP contribution in [0.5, 0.6) is 5.75 Å². The van der Waals surface area contributed by atoms with E-state index in [0.29, 0.717) is 38.8 Å². The van der Waals surface area contributed by atoms with Crippen LogP contribution < -0.4 is 38.5 Å². The number of benzene rings is 1. The van der Waals surface area contributed by atoms with Crippen molar-refractivity contribution in [2.45, 2.75) is 81.6 Å². The summed E-state index contributed by atoms with van der Waals surface area (Å²) >= 11 is 0. The predicted octanol–water partition coefficient (Wildman–Crippen LogP) is -3.15. The number of aliphatic hydroxyl groups excluding tert-OH is 1. The molecule has 1 aliphatic heterocycles. The molecule has 5 atom stereocenters. The fourth-order valence-corrected chi connectivity index (χ4v) is 5.61. The van der Waals surface area contributed by atoms with E-state index in [2.05, 4.69) is 27.3 Å². The van der Waals surface area contributed by atoms with E-state index in [9.17, 15) is 39.0 Å². The third kappa shape index (κ3) is 18.6. The van der Waals surface area contributed by atoms with Crippen LogP contribution in [0.4, 0.5) is 0 Å². The molecule has 19 heteroatoms. The highest BCUT2D eigenvalue weighted by Crippen LogP contribution is 2.18. The van der Waals surface area contributed by atoms with E-state index in [1.807, 2.05) is 0 Å². The highest BCUT2D eigenvalue weighted by Gasteiger charge is 2.31. The smallest absolute Gasteiger partial charge is 0.245 e. The summed E-state index contributed by atoms with van der Waals surface area (Å²) in [5.41, 5.74) is 18.0. The van der Waals surface area contributed by atoms with Crippen LogP contribution in [-0.4, -0.2) is 146 Å². The topological polar surface area (TPSA) is 315 Å². The second-order valence-corrected chi connectivity index (χ2v) is 13.2. The molecule has 12 N–H and O–H groups in total. The Morgan fingerprint density at radius 1 is 0.873 bits per heavy atom. The summed E-state index contributed by atoms with van der Waals surface area (Å²) in [6.45, 7) is 0.340. The van der Waals surface area contributed by atoms with E-state index in [1.165, 1.54) is 17.0 Å². The molecule has 1 aromatic rings. The molecular weight excluding hydrogens is 718 g/mol. The number of amides is 4. The maximum Gasteiger partial charge on any atom is 0.245 e. The summed E-state index contributed by atoms with van der Waals surface area (Å²) in [7, 11) is 0. The monoisotopic (exact) mass is 775 g/mol. The van der Waals surface area contributed by atoms with Gasteiger partial charge in [-0.25, -0.2) is 0 Å². The number of unbranched alkanes of at least 4 members (excludes halogenated alkanes) is 1. The van der Waals surface area contributed by atoms with Gasteiger partial charge in [0.15, 0.2) is 11.6 Å². The SMILES string of the molecule is N#C[C@@H]1CCCN1C(=O)[C@@H](N)CCC(=O)NCCOCCOCC(=O)NCCCC[C@H](NCC(=O)[C@@H](N)Cc1ccc(O)cc1)C(=O)CN[C@@H](CO)C(N)=O. The Morgan fingerprint density at radius 2 is 1.55 bits per heavy atom. The molecule has 1 fully saturated rings. The number of carbonyl (C=O) groups excluding carboxylic acids is 6. The number of Topliss-reactive ketones (excluding diaryl/α,β-unsaturated/α-hetero) is 2. The van der Waals surface area contributed by atoms with Crippen LogP contribution in [0.25, 0.3) is 0 Å². The van der Waals surface area contributed by atoms with Crippen LogP contribution in [0.3, 0.4) is 0 Å². The van der Waals surface area contributed by atoms with E-state index in [0.717, 1.165) is 12.0 Å². The van der Waals surface area contributed by atoms with Crippen molar-refractivity contribution in [3.8, 4) is 11.8 Å². The van der Waals surface area contributed by atoms with Gasteiger partial charge in [-0.1, -0.05) is 12.1 Å². The normalized spacial score (nSPS) is 16.0. The minimum atomic E-state index is -1.11. The zero-order valence-electron chi connectivity index (χ0n) is 31.2. The van der Waals surface area contributed by atoms with Gasteiger partial charge in [-0.3, -0.25) is 34.1 Å². The highest BCUT2D eigenvalue weighted by molar-refractivity contribution is 5.89. The number of ketones is 2. The van der Waals surface area contributed by atoms with Crippen molar-refractivity contribution in [3.05, 3.63) is 29.8 Å². The van der Waals surface area contributed by atoms with E-state index < -0.39 is 42.7 Å². The molecule has 2 rings (SSSR count). The molecular formula is C36H57N9O10. The molecule has 0 unspecified atom stereocenters. The van der Waals surface area contributed by atoms with Crippen LogP contribution in [0.15, 0.2) is 24.3 Å². The van der Waals surface area contributed by atoms with Gasteiger partial charge in [0.1, 0.15) is 24.4 Å². The molecule has 0 radical (unpaired) electrons. The lowest BCUT2D eigenvalue weighted by atomic mass is 10.0. The molecule has 1 saturated heterocycles. The van der Waals surface area contributed by atoms with Gasteiger partial charge in [0, 0.05) is 26.1 Å². The zero-order valence-corrected chi connectivity index (χ0v) is 31.2. The first-order valence-electron chi connectivity index (χ1n) is 18.5. The zero-order chi connectivity index (χ0) is 40.6. The maximum absolute atomic E-state index is 13.0. The average molecular weight is 776 g/mol. The van der Waals surface area contributed by atoms with Crippen molar-refractivity contribution in [2.24, 2.45) is 17.2 Å². The van der Waals surface area contributed by atoms with Gasteiger partial charge in [0.05, 0.1) is 63.7 Å². The number of nitrogens with two attached hydrogens (primary N) is 3. The van der Waals surface area contributed by atoms with E-state index in [-0.39, 0.29) is 100 Å². The number of hydrogen-bond acceptors (Lipinski definition) is 15. The molecule has 19 nitrogen and oxygen atoms in total. The van der Waals surface area contributed by atoms with Crippen molar-refractivity contribution < 1.29 is 48.5 Å². The number of likely N-dealkylation sites (tertiary alicyclic amines) is 1. The number of carbonyl (C=O) groups is 6. The van der Waals surface area contributed by atoms with Crippen molar-refractivity contribution in [3.63, 3.8) is 0 Å². The first-order chi connectivity index (χ1) is 26.4. The number of rotatable bonds is 29. The predicted molar refractivity (Wildman–Crippen MR) is 199 cm³/mol. The first-order valence-corrected chi connectivity index (χ1v) is 18.5. The molecule has 0 aromatic heterocycles. The summed E-state index contributed by atoms with van der Waals surface area (Å²) < 4.78 is 10.7. The van der Waals surface area contributed by atoms with Gasteiger partial charge >= 0.3 is 0 Å². The molecule has 0 aliphatic carbocycles. The maximum atomic E-state index is 13.0. The minimum Gasteiger partial charge on any atom is -0.508 e. The quantitative estimate of drug-likeness (QED) is 0.0363. The number of nitrogens with zero attached hydrogens (tertiary/aromatic N) is 2. The molecule has 306 valence electrons. The number of primary amides is 1. The van der Waals surface area contributed by atoms with Crippen LogP contribution in [0.1, 0.15) is 50.5 Å². The number of phenolic OH excluding ortho intramolecular Hbond substituents is 1. The lowest BCUT2D eigenvalue weighted by molar-refractivity contribution is -0.133. The standard InChI is InChI=1S/C36H57N9O10/c37-19-25-4-3-14-45(25)36(53)27(38)10-11-33(50)42-13-15-54-16-17-55-23-34(51)41-12-2-1-5-29(32(49)21-44-30(22-46)35(40)52)43-20-31(48)28(39)18-24-6-8-26(47)9-7-24/h6-9,25,27-30,43-44,46-47H,1-5,10-18,20-23,38-39H2,(H2,40,52)(H,41,51)(H,42,50)/t25-,27-,28-,29-,30-/m0/s1. The summed E-state index contributed by atoms with van der Waals surface area (Å²) in [5, 5.41) is 38.9. The number of aliphatic hydroxyl groups is 1. The molecule has 1 heterocycles. The number of aromatic hydroxyl groups is 1. The molecule has 1 aliphatic rings. The van der Waals surface area contributed by atoms with Gasteiger partial charge in [-0.05, 0) is 62.6 Å². The summed E-state index contributed by atoms with van der Waals surface area (Å²) in [6.07, 6.45) is 3.17. The fourth-order valence-electron chi connectivity index (χ4n) is 5.61. The molecule has 4 amide bonds. The van der Waals surface area contributed by atoms with Crippen molar-refractivity contribution in [1.29, 1.82) is 5.26 Å². The van der Waals surface area contributed by atoms with Crippen LogP contribution in [0, 0.1) is 11.3 Å². The largest absolute Gasteiger partial charge is 0.508 e. The van der Waals surface area contributed by atoms with Gasteiger partial charge in [-0.15, -0.1) is 0 Å². The Bertz CT molecular complexity index is 1430. The molecule has 0 spiro atoms. The van der Waals surface area contributed by atoms with E-state index in [4.69, 9.17) is 31.9 Å². The third-order valence-corrected chi connectivity index (χ3v) is 8.87. The minimum absolute atomic E-state index is 0.0630. The molecule has 1 aromatic carbocycles. The second-order valence-electron chi connectivity index (χ2n) is 13.2. The Balaban J connectivity index is 1.60. The van der Waals surface area contributed by atoms with Crippen molar-refractivity contribution in [1.82, 2.24) is 26.2 Å². The summed E-state index contributed by atoms with van der Waals surface area (Å²) in [5.74, 6) is -2.35. The molecule has 0 bridgehead atoms. The van der Waals surface area contributed by atoms with Crippen LogP contribution in [0.2, 0.25) is 0 Å². The Labute approximate surface area is 321 Å². The van der Waals surface area contributed by atoms with Crippen molar-refractivity contribution in [2.75, 3.05) is 65.8 Å². The number of nitrogens with one attached hydrogen (secondary N) is 4.